The van der Waals surface area contributed by atoms with E-state index in [1.54, 1.807) is 6.92 Å². The number of hydrogen-bond acceptors (Lipinski definition) is 3. The van der Waals surface area contributed by atoms with E-state index in [1.807, 2.05) is 0 Å². The van der Waals surface area contributed by atoms with Crippen molar-refractivity contribution in [2.24, 2.45) is 0 Å². The smallest absolute Gasteiger partial charge is 0.216 e. The van der Waals surface area contributed by atoms with E-state index in [0.717, 1.165) is 38.3 Å². The average molecular weight is 283 g/mol. The van der Waals surface area contributed by atoms with E-state index in [9.17, 15) is 4.79 Å². The van der Waals surface area contributed by atoms with Crippen LogP contribution in [-0.2, 0) is 17.6 Å². The van der Waals surface area contributed by atoms with Crippen LogP contribution in [0.4, 0.5) is 5.69 Å². The van der Waals surface area contributed by atoms with Crippen molar-refractivity contribution in [2.45, 2.75) is 19.8 Å². The van der Waals surface area contributed by atoms with Crippen LogP contribution in [0.3, 0.4) is 0 Å². The van der Waals surface area contributed by atoms with E-state index in [2.05, 4.69) is 22.3 Å². The van der Waals surface area contributed by atoms with Crippen molar-refractivity contribution in [2.75, 3.05) is 31.1 Å². The van der Waals surface area contributed by atoms with Gasteiger partial charge in [-0.3, -0.25) is 4.79 Å². The minimum Gasteiger partial charge on any atom is -0.493 e. The summed E-state index contributed by atoms with van der Waals surface area (Å²) in [5.41, 5.74) is 4.13. The van der Waals surface area contributed by atoms with Crippen molar-refractivity contribution in [1.29, 1.82) is 0 Å². The molecular formula is C14H19ClN2O2. The summed E-state index contributed by atoms with van der Waals surface area (Å²) in [6, 6.07) is 4.27. The summed E-state index contributed by atoms with van der Waals surface area (Å²) in [5.74, 6) is 1.08. The van der Waals surface area contributed by atoms with Gasteiger partial charge in [-0.2, -0.15) is 0 Å². The highest BCUT2D eigenvalue weighted by atomic mass is 35.5. The quantitative estimate of drug-likeness (QED) is 0.914. The molecule has 0 atom stereocenters. The molecule has 0 saturated heterocycles. The maximum absolute atomic E-state index is 10.9. The molecule has 0 radical (unpaired) electrons. The van der Waals surface area contributed by atoms with Crippen molar-refractivity contribution in [3.63, 3.8) is 0 Å². The standard InChI is InChI=1S/C14H18N2O2.ClH/c1-10(17)15-6-8-16-7-4-11-2-3-13-12(14(11)16)5-9-18-13;/h2-3H,4-9H2,1H3,(H,15,17);1H. The zero-order chi connectivity index (χ0) is 12.5. The second-order valence-electron chi connectivity index (χ2n) is 4.87. The Morgan fingerprint density at radius 2 is 2.26 bits per heavy atom. The molecule has 0 unspecified atom stereocenters. The molecule has 0 saturated carbocycles. The Hall–Kier alpha value is -1.42. The van der Waals surface area contributed by atoms with Crippen LogP contribution in [-0.4, -0.2) is 32.1 Å². The molecular weight excluding hydrogens is 264 g/mol. The molecule has 2 aliphatic heterocycles. The third kappa shape index (κ3) is 2.63. The fourth-order valence-electron chi connectivity index (χ4n) is 2.86. The van der Waals surface area contributed by atoms with E-state index >= 15 is 0 Å². The van der Waals surface area contributed by atoms with Gasteiger partial charge in [0.2, 0.25) is 5.91 Å². The van der Waals surface area contributed by atoms with Gasteiger partial charge in [-0.1, -0.05) is 6.07 Å². The van der Waals surface area contributed by atoms with Gasteiger partial charge in [0.25, 0.3) is 0 Å². The fourth-order valence-corrected chi connectivity index (χ4v) is 2.86. The minimum absolute atomic E-state index is 0. The van der Waals surface area contributed by atoms with Crippen LogP contribution in [0.15, 0.2) is 12.1 Å². The van der Waals surface area contributed by atoms with E-state index in [4.69, 9.17) is 4.74 Å². The van der Waals surface area contributed by atoms with E-state index < -0.39 is 0 Å². The molecule has 5 heteroatoms. The third-order valence-corrected chi connectivity index (χ3v) is 3.66. The van der Waals surface area contributed by atoms with Gasteiger partial charge in [0, 0.05) is 44.2 Å². The summed E-state index contributed by atoms with van der Waals surface area (Å²) in [6.45, 7) is 4.99. The first-order valence-corrected chi connectivity index (χ1v) is 6.52. The van der Waals surface area contributed by atoms with Crippen LogP contribution < -0.4 is 15.0 Å². The number of rotatable bonds is 3. The van der Waals surface area contributed by atoms with E-state index in [1.165, 1.54) is 16.8 Å². The van der Waals surface area contributed by atoms with Crippen molar-refractivity contribution in [3.05, 3.63) is 23.3 Å². The molecule has 0 bridgehead atoms. The maximum Gasteiger partial charge on any atom is 0.216 e. The molecule has 2 aliphatic rings. The predicted octanol–water partition coefficient (Wildman–Crippen LogP) is 1.54. The molecule has 1 N–H and O–H groups in total. The van der Waals surface area contributed by atoms with Crippen molar-refractivity contribution in [3.8, 4) is 5.75 Å². The summed E-state index contributed by atoms with van der Waals surface area (Å²) >= 11 is 0. The van der Waals surface area contributed by atoms with E-state index in [0.29, 0.717) is 6.54 Å². The van der Waals surface area contributed by atoms with Gasteiger partial charge in [-0.15, -0.1) is 12.4 Å². The number of carbonyl (C=O) groups excluding carboxylic acids is 1. The molecule has 3 rings (SSSR count). The topological polar surface area (TPSA) is 41.6 Å². The summed E-state index contributed by atoms with van der Waals surface area (Å²) in [5, 5.41) is 2.86. The Labute approximate surface area is 119 Å². The first-order valence-electron chi connectivity index (χ1n) is 6.52. The summed E-state index contributed by atoms with van der Waals surface area (Å²) < 4.78 is 5.62. The molecule has 104 valence electrons. The van der Waals surface area contributed by atoms with Gasteiger partial charge in [-0.25, -0.2) is 0 Å². The zero-order valence-corrected chi connectivity index (χ0v) is 11.9. The summed E-state index contributed by atoms with van der Waals surface area (Å²) in [4.78, 5) is 13.3. The number of carbonyl (C=O) groups is 1. The Bertz CT molecular complexity index is 491. The number of ether oxygens (including phenoxy) is 1. The highest BCUT2D eigenvalue weighted by molar-refractivity contribution is 5.85. The fraction of sp³-hybridized carbons (Fsp3) is 0.500. The van der Waals surface area contributed by atoms with Crippen LogP contribution in [0.1, 0.15) is 18.1 Å². The maximum atomic E-state index is 10.9. The number of hydrogen-bond donors (Lipinski definition) is 1. The monoisotopic (exact) mass is 282 g/mol. The Morgan fingerprint density at radius 1 is 1.42 bits per heavy atom. The Morgan fingerprint density at radius 3 is 3.05 bits per heavy atom. The molecule has 0 aromatic heterocycles. The largest absolute Gasteiger partial charge is 0.493 e. The normalized spacial score (nSPS) is 15.3. The lowest BCUT2D eigenvalue weighted by Gasteiger charge is -2.21. The minimum atomic E-state index is 0. The van der Waals surface area contributed by atoms with Crippen LogP contribution in [0.5, 0.6) is 5.75 Å². The number of amides is 1. The zero-order valence-electron chi connectivity index (χ0n) is 11.1. The molecule has 1 aromatic carbocycles. The van der Waals surface area contributed by atoms with E-state index in [-0.39, 0.29) is 18.3 Å². The molecule has 2 heterocycles. The lowest BCUT2D eigenvalue weighted by atomic mass is 10.1. The highest BCUT2D eigenvalue weighted by Crippen LogP contribution is 2.40. The van der Waals surface area contributed by atoms with Crippen LogP contribution >= 0.6 is 12.4 Å². The lowest BCUT2D eigenvalue weighted by Crippen LogP contribution is -2.33. The number of fused-ring (bicyclic) bond motifs is 3. The van der Waals surface area contributed by atoms with Gasteiger partial charge >= 0.3 is 0 Å². The van der Waals surface area contributed by atoms with Crippen molar-refractivity contribution >= 4 is 24.0 Å². The van der Waals surface area contributed by atoms with Crippen LogP contribution in [0, 0.1) is 0 Å². The van der Waals surface area contributed by atoms with Crippen molar-refractivity contribution < 1.29 is 9.53 Å². The molecule has 0 fully saturated rings. The second kappa shape index (κ2) is 5.70. The van der Waals surface area contributed by atoms with Crippen molar-refractivity contribution in [1.82, 2.24) is 5.32 Å². The van der Waals surface area contributed by atoms with Gasteiger partial charge in [-0.05, 0) is 18.1 Å². The molecule has 4 nitrogen and oxygen atoms in total. The third-order valence-electron chi connectivity index (χ3n) is 3.66. The Kier molecular flexibility index (Phi) is 4.20. The molecule has 1 amide bonds. The van der Waals surface area contributed by atoms with Gasteiger partial charge in [0.15, 0.2) is 0 Å². The Balaban J connectivity index is 0.00000133. The SMILES string of the molecule is CC(=O)NCCN1CCc2ccc3c(c21)CCO3.Cl. The number of benzene rings is 1. The summed E-state index contributed by atoms with van der Waals surface area (Å²) in [6.07, 6.45) is 2.11. The number of nitrogens with one attached hydrogen (secondary N) is 1. The lowest BCUT2D eigenvalue weighted by molar-refractivity contribution is -0.118. The predicted molar refractivity (Wildman–Crippen MR) is 77.5 cm³/mol. The van der Waals surface area contributed by atoms with Crippen LogP contribution in [0.25, 0.3) is 0 Å². The van der Waals surface area contributed by atoms with Crippen LogP contribution in [0.2, 0.25) is 0 Å². The molecule has 0 spiro atoms. The summed E-state index contributed by atoms with van der Waals surface area (Å²) in [7, 11) is 0. The number of anilines is 1. The molecule has 19 heavy (non-hydrogen) atoms. The molecule has 0 aliphatic carbocycles. The first-order chi connectivity index (χ1) is 8.75. The second-order valence-corrected chi connectivity index (χ2v) is 4.87. The highest BCUT2D eigenvalue weighted by Gasteiger charge is 2.26. The van der Waals surface area contributed by atoms with Gasteiger partial charge < -0.3 is 15.0 Å². The number of halogens is 1. The van der Waals surface area contributed by atoms with Gasteiger partial charge in [0.1, 0.15) is 5.75 Å². The average Bonchev–Trinajstić information content (AvgIpc) is 2.93. The van der Waals surface area contributed by atoms with Gasteiger partial charge in [0.05, 0.1) is 6.61 Å². The molecule has 1 aromatic rings. The number of nitrogens with zero attached hydrogens (tertiary/aromatic N) is 1. The first kappa shape index (κ1) is 14.0.